The van der Waals surface area contributed by atoms with E-state index in [4.69, 9.17) is 14.2 Å². The van der Waals surface area contributed by atoms with Crippen molar-refractivity contribution in [1.82, 2.24) is 0 Å². The molecule has 7 rings (SSSR count). The van der Waals surface area contributed by atoms with E-state index in [1.54, 1.807) is 6.08 Å². The van der Waals surface area contributed by atoms with Gasteiger partial charge >= 0.3 is 0 Å². The molecule has 12 atom stereocenters. The normalized spacial score (nSPS) is 59.8. The summed E-state index contributed by atoms with van der Waals surface area (Å²) in [7, 11) is 0. The molecule has 0 aromatic heterocycles. The van der Waals surface area contributed by atoms with Crippen LogP contribution in [-0.4, -0.2) is 52.0 Å². The van der Waals surface area contributed by atoms with Gasteiger partial charge in [-0.25, -0.2) is 0 Å². The number of allylic oxidation sites excluding steroid dienone is 2. The van der Waals surface area contributed by atoms with E-state index >= 15 is 0 Å². The van der Waals surface area contributed by atoms with Crippen molar-refractivity contribution in [3.05, 3.63) is 23.8 Å². The number of rotatable bonds is 2. The minimum absolute atomic E-state index is 0.00501. The van der Waals surface area contributed by atoms with Crippen LogP contribution >= 0.6 is 0 Å². The molecule has 0 unspecified atom stereocenters. The van der Waals surface area contributed by atoms with Gasteiger partial charge in [-0.05, 0) is 75.9 Å². The molecular formula is C28H36O6. The van der Waals surface area contributed by atoms with E-state index in [-0.39, 0.29) is 64.1 Å². The fraction of sp³-hybridized carbons (Fsp3) is 0.786. The van der Waals surface area contributed by atoms with Crippen molar-refractivity contribution in [2.75, 3.05) is 0 Å². The van der Waals surface area contributed by atoms with Crippen LogP contribution in [0.4, 0.5) is 0 Å². The number of carbonyl (C=O) groups is 2. The van der Waals surface area contributed by atoms with E-state index in [0.29, 0.717) is 6.42 Å². The zero-order valence-electron chi connectivity index (χ0n) is 20.8. The highest BCUT2D eigenvalue weighted by Crippen LogP contribution is 2.72. The summed E-state index contributed by atoms with van der Waals surface area (Å²) < 4.78 is 18.3. The lowest BCUT2D eigenvalue weighted by Gasteiger charge is -2.56. The number of carbonyl (C=O) groups excluding carboxylic acids is 2. The number of aliphatic hydroxyl groups excluding tert-OH is 1. The van der Waals surface area contributed by atoms with Crippen LogP contribution in [0.2, 0.25) is 0 Å². The average molecular weight is 469 g/mol. The number of aliphatic hydroxyl groups is 1. The van der Waals surface area contributed by atoms with E-state index in [0.717, 1.165) is 31.3 Å². The number of ketones is 2. The molecule has 0 radical (unpaired) electrons. The Morgan fingerprint density at radius 2 is 1.94 bits per heavy atom. The zero-order valence-corrected chi connectivity index (χ0v) is 20.8. The first-order valence-corrected chi connectivity index (χ1v) is 13.1. The fourth-order valence-electron chi connectivity index (χ4n) is 9.45. The maximum Gasteiger partial charge on any atom is 0.186 e. The molecule has 3 saturated heterocycles. The Hall–Kier alpha value is -1.34. The molecule has 4 aliphatic carbocycles. The van der Waals surface area contributed by atoms with Gasteiger partial charge in [-0.2, -0.15) is 0 Å². The van der Waals surface area contributed by atoms with Gasteiger partial charge in [0.25, 0.3) is 0 Å². The van der Waals surface area contributed by atoms with E-state index in [2.05, 4.69) is 20.8 Å². The quantitative estimate of drug-likeness (QED) is 0.624. The molecule has 7 aliphatic rings. The van der Waals surface area contributed by atoms with E-state index in [9.17, 15) is 14.7 Å². The molecule has 0 aromatic rings. The Labute approximate surface area is 201 Å². The van der Waals surface area contributed by atoms with Crippen molar-refractivity contribution in [2.24, 2.45) is 34.5 Å². The van der Waals surface area contributed by atoms with Crippen molar-refractivity contribution >= 4 is 11.6 Å². The van der Waals surface area contributed by atoms with E-state index in [1.165, 1.54) is 0 Å². The topological polar surface area (TPSA) is 88.7 Å². The lowest BCUT2D eigenvalue weighted by molar-refractivity contribution is -0.192. The highest BCUT2D eigenvalue weighted by Gasteiger charge is 2.78. The lowest BCUT2D eigenvalue weighted by atomic mass is 9.44. The molecule has 0 bridgehead atoms. The van der Waals surface area contributed by atoms with Crippen molar-refractivity contribution in [1.29, 1.82) is 0 Å². The Kier molecular flexibility index (Phi) is 3.95. The Bertz CT molecular complexity index is 1080. The maximum absolute atomic E-state index is 13.7. The minimum Gasteiger partial charge on any atom is -0.366 e. The molecule has 1 N–H and O–H groups in total. The average Bonchev–Trinajstić information content (AvgIpc) is 3.59. The van der Waals surface area contributed by atoms with Gasteiger partial charge in [-0.3, -0.25) is 9.59 Å². The summed E-state index contributed by atoms with van der Waals surface area (Å²) in [5, 5.41) is 10.6. The molecule has 1 spiro atoms. The molecule has 5 fully saturated rings. The third kappa shape index (κ3) is 2.24. The molecule has 2 saturated carbocycles. The number of ether oxygens (including phenoxy) is 3. The summed E-state index contributed by atoms with van der Waals surface area (Å²) in [5.74, 6) is 0.583. The van der Waals surface area contributed by atoms with Crippen LogP contribution in [0, 0.1) is 34.5 Å². The third-order valence-electron chi connectivity index (χ3n) is 11.9. The number of fused-ring (bicyclic) bond motifs is 5. The van der Waals surface area contributed by atoms with Gasteiger partial charge in [0.1, 0.15) is 16.8 Å². The summed E-state index contributed by atoms with van der Waals surface area (Å²) >= 11 is 0. The molecule has 34 heavy (non-hydrogen) atoms. The zero-order chi connectivity index (χ0) is 24.1. The lowest BCUT2D eigenvalue weighted by Crippen LogP contribution is -2.60. The van der Waals surface area contributed by atoms with Crippen LogP contribution in [0.1, 0.15) is 66.7 Å². The monoisotopic (exact) mass is 468 g/mol. The second-order valence-corrected chi connectivity index (χ2v) is 13.1. The number of epoxide rings is 2. The fourth-order valence-corrected chi connectivity index (χ4v) is 9.45. The van der Waals surface area contributed by atoms with Crippen molar-refractivity contribution in [2.45, 2.75) is 102 Å². The van der Waals surface area contributed by atoms with Gasteiger partial charge in [0, 0.05) is 18.3 Å². The van der Waals surface area contributed by atoms with E-state index in [1.807, 2.05) is 26.0 Å². The molecule has 184 valence electrons. The van der Waals surface area contributed by atoms with Crippen molar-refractivity contribution in [3.8, 4) is 0 Å². The Morgan fingerprint density at radius 3 is 2.68 bits per heavy atom. The second-order valence-electron chi connectivity index (χ2n) is 13.1. The van der Waals surface area contributed by atoms with Crippen molar-refractivity contribution in [3.63, 3.8) is 0 Å². The van der Waals surface area contributed by atoms with E-state index < -0.39 is 17.3 Å². The van der Waals surface area contributed by atoms with Gasteiger partial charge in [0.05, 0.1) is 17.6 Å². The van der Waals surface area contributed by atoms with Gasteiger partial charge in [-0.1, -0.05) is 25.5 Å². The first-order valence-electron chi connectivity index (χ1n) is 13.1. The highest BCUT2D eigenvalue weighted by molar-refractivity contribution is 5.99. The molecule has 6 nitrogen and oxygen atoms in total. The Morgan fingerprint density at radius 1 is 1.18 bits per heavy atom. The SMILES string of the molecule is C[C@@H](C1=CC(=O)[C@H]2[C@@H]3C[C@@H]4O[C@@]45CC=CC(=O)[C@]5(C)[C@H]3CC[C@]12C)[C@H]1C[C@]2(C)O[C@]2(C)[C@H](O)O1. The molecular weight excluding hydrogens is 432 g/mol. The highest BCUT2D eigenvalue weighted by atomic mass is 16.7. The maximum atomic E-state index is 13.7. The van der Waals surface area contributed by atoms with Crippen LogP contribution in [0.15, 0.2) is 23.8 Å². The van der Waals surface area contributed by atoms with Crippen LogP contribution in [0.25, 0.3) is 0 Å². The molecule has 3 heterocycles. The summed E-state index contributed by atoms with van der Waals surface area (Å²) in [5.41, 5.74) is -1.01. The second kappa shape index (κ2) is 6.13. The summed E-state index contributed by atoms with van der Waals surface area (Å²) in [6.45, 7) is 10.4. The van der Waals surface area contributed by atoms with Crippen LogP contribution in [0.3, 0.4) is 0 Å². The molecule has 6 heteroatoms. The molecule has 3 aliphatic heterocycles. The predicted octanol–water partition coefficient (Wildman–Crippen LogP) is 3.51. The van der Waals surface area contributed by atoms with Gasteiger partial charge in [0.2, 0.25) is 0 Å². The smallest absolute Gasteiger partial charge is 0.186 e. The summed E-state index contributed by atoms with van der Waals surface area (Å²) in [6.07, 6.45) is 8.73. The Balaban J connectivity index is 1.20. The van der Waals surface area contributed by atoms with Crippen molar-refractivity contribution < 1.29 is 28.9 Å². The number of hydrogen-bond acceptors (Lipinski definition) is 6. The summed E-state index contributed by atoms with van der Waals surface area (Å²) in [6, 6.07) is 0. The first-order chi connectivity index (χ1) is 15.9. The summed E-state index contributed by atoms with van der Waals surface area (Å²) in [4.78, 5) is 26.9. The van der Waals surface area contributed by atoms with Gasteiger partial charge in [0.15, 0.2) is 17.9 Å². The standard InChI is InChI=1S/C28H36O6/c1-14(19-13-25(3)27(5,34-25)23(31)32-19)17-12-18(29)22-15-11-21-28(33-21)9-6-7-20(30)26(28,4)16(15)8-10-24(17,22)2/h6-7,12,14-16,19,21-23,31H,8-11,13H2,1-5H3/t14-,15+,16-,19+,21-,22+,23+,24+,25-,26-,27+,28-/m0/s1. The number of hydrogen-bond donors (Lipinski definition) is 1. The molecule has 0 amide bonds. The minimum atomic E-state index is -0.959. The van der Waals surface area contributed by atoms with Crippen LogP contribution in [-0.2, 0) is 23.8 Å². The predicted molar refractivity (Wildman–Crippen MR) is 123 cm³/mol. The molecule has 0 aromatic carbocycles. The third-order valence-corrected chi connectivity index (χ3v) is 11.9. The first kappa shape index (κ1) is 21.9. The van der Waals surface area contributed by atoms with Crippen LogP contribution < -0.4 is 0 Å². The largest absolute Gasteiger partial charge is 0.366 e. The van der Waals surface area contributed by atoms with Crippen LogP contribution in [0.5, 0.6) is 0 Å². The van der Waals surface area contributed by atoms with Gasteiger partial charge in [-0.15, -0.1) is 0 Å². The van der Waals surface area contributed by atoms with Gasteiger partial charge < -0.3 is 19.3 Å².